The highest BCUT2D eigenvalue weighted by Crippen LogP contribution is 2.04. The van der Waals surface area contributed by atoms with Gasteiger partial charge in [0.2, 0.25) is 0 Å². The molecule has 14 heavy (non-hydrogen) atoms. The third-order valence-electron chi connectivity index (χ3n) is 2.60. The molecule has 0 saturated carbocycles. The SMILES string of the molecule is CCCCCNC(CCO)CCCC. The van der Waals surface area contributed by atoms with E-state index in [-0.39, 0.29) is 0 Å². The third-order valence-corrected chi connectivity index (χ3v) is 2.60. The first-order chi connectivity index (χ1) is 6.85. The monoisotopic (exact) mass is 201 g/mol. The van der Waals surface area contributed by atoms with E-state index in [9.17, 15) is 0 Å². The van der Waals surface area contributed by atoms with Crippen molar-refractivity contribution >= 4 is 0 Å². The molecule has 1 unspecified atom stereocenters. The summed E-state index contributed by atoms with van der Waals surface area (Å²) in [6.07, 6.45) is 8.50. The molecule has 2 N–H and O–H groups in total. The van der Waals surface area contributed by atoms with E-state index < -0.39 is 0 Å². The lowest BCUT2D eigenvalue weighted by atomic mass is 10.1. The number of aliphatic hydroxyl groups excluding tert-OH is 1. The van der Waals surface area contributed by atoms with E-state index in [2.05, 4.69) is 19.2 Å². The Hall–Kier alpha value is -0.0800. The molecule has 86 valence electrons. The molecule has 0 aliphatic heterocycles. The van der Waals surface area contributed by atoms with Crippen molar-refractivity contribution in [3.05, 3.63) is 0 Å². The van der Waals surface area contributed by atoms with E-state index in [0.29, 0.717) is 12.6 Å². The summed E-state index contributed by atoms with van der Waals surface area (Å²) in [5.74, 6) is 0. The van der Waals surface area contributed by atoms with Gasteiger partial charge in [-0.2, -0.15) is 0 Å². The van der Waals surface area contributed by atoms with Crippen LogP contribution in [0.3, 0.4) is 0 Å². The molecule has 1 atom stereocenters. The first-order valence-electron chi connectivity index (χ1n) is 6.19. The van der Waals surface area contributed by atoms with E-state index in [1.807, 2.05) is 0 Å². The average Bonchev–Trinajstić information content (AvgIpc) is 2.20. The Balaban J connectivity index is 3.40. The van der Waals surface area contributed by atoms with Crippen LogP contribution in [0.2, 0.25) is 0 Å². The van der Waals surface area contributed by atoms with Crippen molar-refractivity contribution in [3.8, 4) is 0 Å². The summed E-state index contributed by atoms with van der Waals surface area (Å²) in [6, 6.07) is 0.539. The van der Waals surface area contributed by atoms with Crippen LogP contribution in [-0.4, -0.2) is 24.3 Å². The lowest BCUT2D eigenvalue weighted by Gasteiger charge is -2.17. The molecule has 0 heterocycles. The summed E-state index contributed by atoms with van der Waals surface area (Å²) in [7, 11) is 0. The van der Waals surface area contributed by atoms with E-state index >= 15 is 0 Å². The van der Waals surface area contributed by atoms with Gasteiger partial charge in [0.25, 0.3) is 0 Å². The van der Waals surface area contributed by atoms with Crippen LogP contribution in [0, 0.1) is 0 Å². The van der Waals surface area contributed by atoms with Crippen molar-refractivity contribution in [1.29, 1.82) is 0 Å². The van der Waals surface area contributed by atoms with Crippen LogP contribution in [0.5, 0.6) is 0 Å². The maximum Gasteiger partial charge on any atom is 0.0445 e. The minimum absolute atomic E-state index is 0.315. The summed E-state index contributed by atoms with van der Waals surface area (Å²) in [5.41, 5.74) is 0. The van der Waals surface area contributed by atoms with Gasteiger partial charge in [-0.05, 0) is 25.8 Å². The van der Waals surface area contributed by atoms with Crippen molar-refractivity contribution in [2.75, 3.05) is 13.2 Å². The Bertz CT molecular complexity index is 106. The topological polar surface area (TPSA) is 32.3 Å². The molecular formula is C12H27NO. The number of hydrogen-bond donors (Lipinski definition) is 2. The minimum atomic E-state index is 0.315. The average molecular weight is 201 g/mol. The Labute approximate surface area is 89.1 Å². The maximum absolute atomic E-state index is 8.90. The normalized spacial score (nSPS) is 13.1. The van der Waals surface area contributed by atoms with Gasteiger partial charge < -0.3 is 10.4 Å². The fourth-order valence-electron chi connectivity index (χ4n) is 1.64. The zero-order valence-corrected chi connectivity index (χ0v) is 9.89. The molecule has 0 bridgehead atoms. The molecule has 2 nitrogen and oxygen atoms in total. The predicted octanol–water partition coefficient (Wildman–Crippen LogP) is 2.71. The molecule has 0 fully saturated rings. The van der Waals surface area contributed by atoms with Crippen LogP contribution >= 0.6 is 0 Å². The summed E-state index contributed by atoms with van der Waals surface area (Å²) in [5, 5.41) is 12.4. The summed E-state index contributed by atoms with van der Waals surface area (Å²) < 4.78 is 0. The lowest BCUT2D eigenvalue weighted by Crippen LogP contribution is -2.30. The second-order valence-electron chi connectivity index (χ2n) is 4.01. The molecule has 0 rings (SSSR count). The van der Waals surface area contributed by atoms with Gasteiger partial charge in [0.05, 0.1) is 0 Å². The van der Waals surface area contributed by atoms with E-state index in [4.69, 9.17) is 5.11 Å². The molecule has 2 heteroatoms. The van der Waals surface area contributed by atoms with Crippen molar-refractivity contribution in [2.24, 2.45) is 0 Å². The zero-order chi connectivity index (χ0) is 10.6. The highest BCUT2D eigenvalue weighted by atomic mass is 16.3. The largest absolute Gasteiger partial charge is 0.396 e. The summed E-state index contributed by atoms with van der Waals surface area (Å²) in [6.45, 7) is 5.87. The Morgan fingerprint density at radius 1 is 1.00 bits per heavy atom. The Morgan fingerprint density at radius 2 is 1.71 bits per heavy atom. The van der Waals surface area contributed by atoms with Gasteiger partial charge in [-0.15, -0.1) is 0 Å². The number of rotatable bonds is 10. The second kappa shape index (κ2) is 11.0. The number of hydrogen-bond acceptors (Lipinski definition) is 2. The molecule has 0 aliphatic carbocycles. The second-order valence-corrected chi connectivity index (χ2v) is 4.01. The van der Waals surface area contributed by atoms with Crippen molar-refractivity contribution in [3.63, 3.8) is 0 Å². The van der Waals surface area contributed by atoms with Crippen LogP contribution in [0.4, 0.5) is 0 Å². The van der Waals surface area contributed by atoms with Crippen LogP contribution in [0.25, 0.3) is 0 Å². The van der Waals surface area contributed by atoms with Gasteiger partial charge in [-0.25, -0.2) is 0 Å². The van der Waals surface area contributed by atoms with Crippen LogP contribution in [-0.2, 0) is 0 Å². The Morgan fingerprint density at radius 3 is 2.29 bits per heavy atom. The first-order valence-corrected chi connectivity index (χ1v) is 6.19. The highest BCUT2D eigenvalue weighted by molar-refractivity contribution is 4.66. The molecule has 0 aromatic rings. The number of nitrogens with one attached hydrogen (secondary N) is 1. The Kier molecular flexibility index (Phi) is 10.9. The standard InChI is InChI=1S/C12H27NO/c1-3-5-7-10-13-12(9-11-14)8-6-4-2/h12-14H,3-11H2,1-2H3. The molecule has 0 aromatic heterocycles. The fourth-order valence-corrected chi connectivity index (χ4v) is 1.64. The first kappa shape index (κ1) is 13.9. The van der Waals surface area contributed by atoms with Gasteiger partial charge in [0, 0.05) is 12.6 Å². The smallest absolute Gasteiger partial charge is 0.0445 e. The van der Waals surface area contributed by atoms with E-state index in [1.54, 1.807) is 0 Å². The molecule has 0 aromatic carbocycles. The van der Waals surface area contributed by atoms with Gasteiger partial charge >= 0.3 is 0 Å². The van der Waals surface area contributed by atoms with E-state index in [0.717, 1.165) is 13.0 Å². The van der Waals surface area contributed by atoms with Crippen molar-refractivity contribution < 1.29 is 5.11 Å². The lowest BCUT2D eigenvalue weighted by molar-refractivity contribution is 0.259. The molecule has 0 radical (unpaired) electrons. The number of unbranched alkanes of at least 4 members (excludes halogenated alkanes) is 3. The summed E-state index contributed by atoms with van der Waals surface area (Å²) in [4.78, 5) is 0. The van der Waals surface area contributed by atoms with Gasteiger partial charge in [-0.3, -0.25) is 0 Å². The maximum atomic E-state index is 8.90. The number of aliphatic hydroxyl groups is 1. The van der Waals surface area contributed by atoms with Crippen molar-refractivity contribution in [2.45, 2.75) is 64.8 Å². The van der Waals surface area contributed by atoms with E-state index in [1.165, 1.54) is 38.5 Å². The van der Waals surface area contributed by atoms with Crippen molar-refractivity contribution in [1.82, 2.24) is 5.32 Å². The zero-order valence-electron chi connectivity index (χ0n) is 9.89. The minimum Gasteiger partial charge on any atom is -0.396 e. The quantitative estimate of drug-likeness (QED) is 0.533. The van der Waals surface area contributed by atoms with Gasteiger partial charge in [0.15, 0.2) is 0 Å². The fraction of sp³-hybridized carbons (Fsp3) is 1.00. The highest BCUT2D eigenvalue weighted by Gasteiger charge is 2.05. The van der Waals surface area contributed by atoms with Crippen LogP contribution in [0.15, 0.2) is 0 Å². The van der Waals surface area contributed by atoms with Crippen LogP contribution < -0.4 is 5.32 Å². The summed E-state index contributed by atoms with van der Waals surface area (Å²) >= 11 is 0. The van der Waals surface area contributed by atoms with Crippen LogP contribution in [0.1, 0.15) is 58.8 Å². The van der Waals surface area contributed by atoms with Gasteiger partial charge in [-0.1, -0.05) is 39.5 Å². The molecular weight excluding hydrogens is 174 g/mol. The molecule has 0 amide bonds. The molecule has 0 aliphatic rings. The molecule has 0 spiro atoms. The van der Waals surface area contributed by atoms with Gasteiger partial charge in [0.1, 0.15) is 0 Å². The third kappa shape index (κ3) is 8.52. The molecule has 0 saturated heterocycles. The predicted molar refractivity (Wildman–Crippen MR) is 62.5 cm³/mol.